The van der Waals surface area contributed by atoms with Crippen LogP contribution in [-0.2, 0) is 5.41 Å². The van der Waals surface area contributed by atoms with Crippen LogP contribution in [0.3, 0.4) is 0 Å². The third-order valence-corrected chi connectivity index (χ3v) is 5.08. The Bertz CT molecular complexity index is 723. The van der Waals surface area contributed by atoms with Crippen LogP contribution in [0, 0.1) is 6.92 Å². The molecule has 2 aromatic rings. The van der Waals surface area contributed by atoms with Crippen molar-refractivity contribution in [3.63, 3.8) is 0 Å². The molecule has 4 heteroatoms. The number of amides is 1. The van der Waals surface area contributed by atoms with E-state index < -0.39 is 0 Å². The first-order valence-corrected chi connectivity index (χ1v) is 8.20. The highest BCUT2D eigenvalue weighted by Gasteiger charge is 2.45. The van der Waals surface area contributed by atoms with Crippen molar-refractivity contribution in [2.75, 3.05) is 12.3 Å². The number of halogens is 1. The van der Waals surface area contributed by atoms with E-state index in [0.29, 0.717) is 17.8 Å². The number of carbonyl (C=O) groups is 1. The van der Waals surface area contributed by atoms with Crippen LogP contribution in [0.2, 0.25) is 0 Å². The van der Waals surface area contributed by atoms with Gasteiger partial charge in [-0.2, -0.15) is 0 Å². The summed E-state index contributed by atoms with van der Waals surface area (Å²) in [4.78, 5) is 12.4. The predicted molar refractivity (Wildman–Crippen MR) is 93.0 cm³/mol. The number of aryl methyl sites for hydroxylation is 1. The van der Waals surface area contributed by atoms with Crippen LogP contribution in [0.4, 0.5) is 5.69 Å². The van der Waals surface area contributed by atoms with Gasteiger partial charge in [0.25, 0.3) is 5.91 Å². The van der Waals surface area contributed by atoms with Gasteiger partial charge in [-0.25, -0.2) is 0 Å². The number of benzene rings is 2. The van der Waals surface area contributed by atoms with Gasteiger partial charge in [0.1, 0.15) is 0 Å². The maximum absolute atomic E-state index is 12.4. The third kappa shape index (κ3) is 2.88. The summed E-state index contributed by atoms with van der Waals surface area (Å²) < 4.78 is 1.11. The molecule has 0 unspecified atom stereocenters. The predicted octanol–water partition coefficient (Wildman–Crippen LogP) is 3.80. The largest absolute Gasteiger partial charge is 0.399 e. The van der Waals surface area contributed by atoms with Crippen molar-refractivity contribution >= 4 is 27.5 Å². The minimum atomic E-state index is -0.0527. The van der Waals surface area contributed by atoms with E-state index in [4.69, 9.17) is 5.73 Å². The van der Waals surface area contributed by atoms with E-state index in [1.807, 2.05) is 31.2 Å². The summed E-state index contributed by atoms with van der Waals surface area (Å²) in [6, 6.07) is 13.7. The van der Waals surface area contributed by atoms with Gasteiger partial charge in [0, 0.05) is 27.7 Å². The molecule has 1 saturated carbocycles. The van der Waals surface area contributed by atoms with Crippen molar-refractivity contribution < 1.29 is 4.79 Å². The maximum Gasteiger partial charge on any atom is 0.251 e. The summed E-state index contributed by atoms with van der Waals surface area (Å²) in [6.45, 7) is 2.58. The number of carbonyl (C=O) groups excluding carboxylic acids is 1. The normalized spacial score (nSPS) is 15.4. The fourth-order valence-corrected chi connectivity index (χ4v) is 3.52. The Morgan fingerprint density at radius 2 is 2.00 bits per heavy atom. The van der Waals surface area contributed by atoms with Crippen LogP contribution in [0.5, 0.6) is 0 Å². The van der Waals surface area contributed by atoms with Gasteiger partial charge in [-0.05, 0) is 49.1 Å². The molecule has 2 aromatic carbocycles. The highest BCUT2D eigenvalue weighted by atomic mass is 79.9. The van der Waals surface area contributed by atoms with Crippen LogP contribution in [0.15, 0.2) is 46.9 Å². The van der Waals surface area contributed by atoms with E-state index in [0.717, 1.165) is 22.9 Å². The molecule has 114 valence electrons. The Labute approximate surface area is 139 Å². The number of nitrogens with two attached hydrogens (primary N) is 1. The highest BCUT2D eigenvalue weighted by molar-refractivity contribution is 9.10. The lowest BCUT2D eigenvalue weighted by Crippen LogP contribution is -2.32. The molecule has 1 fully saturated rings. The molecule has 0 saturated heterocycles. The highest BCUT2D eigenvalue weighted by Crippen LogP contribution is 2.49. The van der Waals surface area contributed by atoms with Gasteiger partial charge in [-0.3, -0.25) is 4.79 Å². The molecule has 0 atom stereocenters. The zero-order valence-corrected chi connectivity index (χ0v) is 14.1. The van der Waals surface area contributed by atoms with E-state index in [1.54, 1.807) is 6.07 Å². The van der Waals surface area contributed by atoms with Gasteiger partial charge in [0.2, 0.25) is 0 Å². The Balaban J connectivity index is 1.74. The molecule has 1 aliphatic rings. The minimum absolute atomic E-state index is 0.0527. The maximum atomic E-state index is 12.4. The van der Waals surface area contributed by atoms with E-state index in [9.17, 15) is 4.79 Å². The lowest BCUT2D eigenvalue weighted by molar-refractivity contribution is 0.0949. The average molecular weight is 359 g/mol. The second kappa shape index (κ2) is 5.76. The van der Waals surface area contributed by atoms with Gasteiger partial charge in [-0.15, -0.1) is 0 Å². The van der Waals surface area contributed by atoms with E-state index in [-0.39, 0.29) is 11.3 Å². The molecule has 1 aliphatic carbocycles. The van der Waals surface area contributed by atoms with E-state index in [1.165, 1.54) is 5.56 Å². The summed E-state index contributed by atoms with van der Waals surface area (Å²) in [6.07, 6.45) is 2.21. The Morgan fingerprint density at radius 1 is 1.27 bits per heavy atom. The molecular weight excluding hydrogens is 340 g/mol. The lowest BCUT2D eigenvalue weighted by Gasteiger charge is -2.18. The smallest absolute Gasteiger partial charge is 0.251 e. The Hall–Kier alpha value is -1.81. The van der Waals surface area contributed by atoms with Crippen molar-refractivity contribution in [2.45, 2.75) is 25.2 Å². The second-order valence-electron chi connectivity index (χ2n) is 6.02. The molecule has 0 heterocycles. The summed E-state index contributed by atoms with van der Waals surface area (Å²) >= 11 is 3.62. The first-order valence-electron chi connectivity index (χ1n) is 7.41. The summed E-state index contributed by atoms with van der Waals surface area (Å²) in [7, 11) is 0. The van der Waals surface area contributed by atoms with E-state index in [2.05, 4.69) is 33.4 Å². The number of nitrogen functional groups attached to an aromatic ring is 1. The van der Waals surface area contributed by atoms with Gasteiger partial charge in [0.05, 0.1) is 0 Å². The topological polar surface area (TPSA) is 55.1 Å². The zero-order valence-electron chi connectivity index (χ0n) is 12.5. The van der Waals surface area contributed by atoms with Crippen LogP contribution >= 0.6 is 15.9 Å². The molecule has 1 amide bonds. The molecule has 0 radical (unpaired) electrons. The Kier molecular flexibility index (Phi) is 3.96. The fourth-order valence-electron chi connectivity index (χ4n) is 2.81. The molecular formula is C18H19BrN2O. The summed E-state index contributed by atoms with van der Waals surface area (Å²) in [5.74, 6) is -0.0527. The molecule has 3 N–H and O–H groups in total. The summed E-state index contributed by atoms with van der Waals surface area (Å²) in [5.41, 5.74) is 9.35. The third-order valence-electron chi connectivity index (χ3n) is 4.39. The number of hydrogen-bond acceptors (Lipinski definition) is 2. The van der Waals surface area contributed by atoms with E-state index >= 15 is 0 Å². The molecule has 0 bridgehead atoms. The molecule has 3 rings (SSSR count). The molecule has 0 spiro atoms. The van der Waals surface area contributed by atoms with Crippen LogP contribution in [0.25, 0.3) is 0 Å². The first-order chi connectivity index (χ1) is 10.5. The standard InChI is InChI=1S/C18H19BrN2O/c1-12-6-7-13(20)10-14(12)17(22)21-11-18(8-9-18)15-4-2-3-5-16(15)19/h2-7,10H,8-9,11,20H2,1H3,(H,21,22). The average Bonchev–Trinajstić information content (AvgIpc) is 3.29. The van der Waals surface area contributed by atoms with Crippen molar-refractivity contribution in [2.24, 2.45) is 0 Å². The second-order valence-corrected chi connectivity index (χ2v) is 6.87. The van der Waals surface area contributed by atoms with Crippen molar-refractivity contribution in [1.82, 2.24) is 5.32 Å². The zero-order chi connectivity index (χ0) is 15.7. The fraction of sp³-hybridized carbons (Fsp3) is 0.278. The van der Waals surface area contributed by atoms with Crippen LogP contribution in [-0.4, -0.2) is 12.5 Å². The van der Waals surface area contributed by atoms with Crippen molar-refractivity contribution in [3.8, 4) is 0 Å². The number of anilines is 1. The number of hydrogen-bond donors (Lipinski definition) is 2. The quantitative estimate of drug-likeness (QED) is 0.816. The van der Waals surface area contributed by atoms with Crippen molar-refractivity contribution in [3.05, 3.63) is 63.6 Å². The molecule has 0 aromatic heterocycles. The molecule has 0 aliphatic heterocycles. The Morgan fingerprint density at radius 3 is 2.68 bits per heavy atom. The number of rotatable bonds is 4. The van der Waals surface area contributed by atoms with Gasteiger partial charge in [-0.1, -0.05) is 40.2 Å². The van der Waals surface area contributed by atoms with Gasteiger partial charge < -0.3 is 11.1 Å². The lowest BCUT2D eigenvalue weighted by atomic mass is 9.95. The molecule has 3 nitrogen and oxygen atoms in total. The van der Waals surface area contributed by atoms with Gasteiger partial charge in [0.15, 0.2) is 0 Å². The number of nitrogens with one attached hydrogen (secondary N) is 1. The first kappa shape index (κ1) is 15.1. The molecule has 22 heavy (non-hydrogen) atoms. The SMILES string of the molecule is Cc1ccc(N)cc1C(=O)NCC1(c2ccccc2Br)CC1. The minimum Gasteiger partial charge on any atom is -0.399 e. The van der Waals surface area contributed by atoms with Gasteiger partial charge >= 0.3 is 0 Å². The van der Waals surface area contributed by atoms with Crippen LogP contribution < -0.4 is 11.1 Å². The van der Waals surface area contributed by atoms with Crippen molar-refractivity contribution in [1.29, 1.82) is 0 Å². The monoisotopic (exact) mass is 358 g/mol. The van der Waals surface area contributed by atoms with Crippen LogP contribution in [0.1, 0.15) is 34.3 Å². The summed E-state index contributed by atoms with van der Waals surface area (Å²) in [5, 5.41) is 3.08.